The minimum Gasteiger partial charge on any atom is -0.352 e. The van der Waals surface area contributed by atoms with E-state index in [1.165, 1.54) is 0 Å². The molecule has 2 N–H and O–H groups in total. The standard InChI is InChI=1S/C10H9Cl2N3/c11-8-2-1-3-9(12)7(8)6-15-10-13-4-5-14-10/h1-5H,6H2,(H2,13,14,15). The maximum Gasteiger partial charge on any atom is 0.200 e. The molecule has 0 saturated carbocycles. The van der Waals surface area contributed by atoms with E-state index in [0.717, 1.165) is 5.56 Å². The number of H-pyrrole nitrogens is 1. The van der Waals surface area contributed by atoms with Crippen LogP contribution in [0, 0.1) is 0 Å². The normalized spacial score (nSPS) is 10.3. The van der Waals surface area contributed by atoms with E-state index in [-0.39, 0.29) is 0 Å². The molecule has 0 saturated heterocycles. The number of hydrogen-bond donors (Lipinski definition) is 2. The zero-order chi connectivity index (χ0) is 10.7. The lowest BCUT2D eigenvalue weighted by molar-refractivity contribution is 1.09. The molecule has 2 rings (SSSR count). The van der Waals surface area contributed by atoms with Crippen molar-refractivity contribution in [3.8, 4) is 0 Å². The molecular formula is C10H9Cl2N3. The van der Waals surface area contributed by atoms with Gasteiger partial charge in [-0.05, 0) is 12.1 Å². The van der Waals surface area contributed by atoms with Gasteiger partial charge in [0.05, 0.1) is 0 Å². The highest BCUT2D eigenvalue weighted by Crippen LogP contribution is 2.24. The van der Waals surface area contributed by atoms with Gasteiger partial charge in [0.15, 0.2) is 5.95 Å². The predicted octanol–water partition coefficient (Wildman–Crippen LogP) is 3.33. The second-order valence-corrected chi connectivity index (χ2v) is 3.81. The van der Waals surface area contributed by atoms with Gasteiger partial charge < -0.3 is 10.3 Å². The molecule has 0 bridgehead atoms. The van der Waals surface area contributed by atoms with Crippen molar-refractivity contribution in [2.75, 3.05) is 5.32 Å². The van der Waals surface area contributed by atoms with Crippen LogP contribution in [0.2, 0.25) is 10.0 Å². The van der Waals surface area contributed by atoms with E-state index < -0.39 is 0 Å². The van der Waals surface area contributed by atoms with E-state index in [0.29, 0.717) is 22.5 Å². The van der Waals surface area contributed by atoms with Crippen LogP contribution in [0.25, 0.3) is 0 Å². The van der Waals surface area contributed by atoms with Crippen LogP contribution in [0.1, 0.15) is 5.56 Å². The van der Waals surface area contributed by atoms with Crippen LogP contribution >= 0.6 is 23.2 Å². The number of aromatic nitrogens is 2. The summed E-state index contributed by atoms with van der Waals surface area (Å²) in [6.45, 7) is 0.548. The van der Waals surface area contributed by atoms with Crippen molar-refractivity contribution in [3.05, 3.63) is 46.2 Å². The number of rotatable bonds is 3. The summed E-state index contributed by atoms with van der Waals surface area (Å²) >= 11 is 12.0. The van der Waals surface area contributed by atoms with Gasteiger partial charge in [-0.25, -0.2) is 4.98 Å². The Kier molecular flexibility index (Phi) is 3.14. The Morgan fingerprint density at radius 1 is 1.27 bits per heavy atom. The molecule has 0 unspecified atom stereocenters. The summed E-state index contributed by atoms with van der Waals surface area (Å²) in [5.74, 6) is 0.700. The smallest absolute Gasteiger partial charge is 0.200 e. The zero-order valence-corrected chi connectivity index (χ0v) is 9.31. The quantitative estimate of drug-likeness (QED) is 0.866. The molecule has 0 aliphatic rings. The van der Waals surface area contributed by atoms with Crippen molar-refractivity contribution < 1.29 is 0 Å². The topological polar surface area (TPSA) is 40.7 Å². The van der Waals surface area contributed by atoms with Crippen LogP contribution < -0.4 is 5.32 Å². The highest BCUT2D eigenvalue weighted by Gasteiger charge is 2.05. The van der Waals surface area contributed by atoms with E-state index >= 15 is 0 Å². The van der Waals surface area contributed by atoms with Crippen molar-refractivity contribution >= 4 is 29.2 Å². The third-order valence-corrected chi connectivity index (χ3v) is 2.70. The third kappa shape index (κ3) is 2.43. The van der Waals surface area contributed by atoms with Gasteiger partial charge >= 0.3 is 0 Å². The number of nitrogens with zero attached hydrogens (tertiary/aromatic N) is 1. The molecule has 78 valence electrons. The van der Waals surface area contributed by atoms with Crippen LogP contribution in [0.4, 0.5) is 5.95 Å². The number of benzene rings is 1. The van der Waals surface area contributed by atoms with Gasteiger partial charge in [0.25, 0.3) is 0 Å². The molecule has 0 amide bonds. The predicted molar refractivity (Wildman–Crippen MR) is 62.4 cm³/mol. The summed E-state index contributed by atoms with van der Waals surface area (Å²) in [6, 6.07) is 5.44. The van der Waals surface area contributed by atoms with Gasteiger partial charge in [-0.2, -0.15) is 0 Å². The third-order valence-electron chi connectivity index (χ3n) is 1.99. The maximum atomic E-state index is 6.01. The van der Waals surface area contributed by atoms with Crippen molar-refractivity contribution in [1.82, 2.24) is 9.97 Å². The molecule has 1 aromatic carbocycles. The molecule has 0 aliphatic carbocycles. The molecule has 0 atom stereocenters. The van der Waals surface area contributed by atoms with Gasteiger partial charge in [0.1, 0.15) is 0 Å². The minimum atomic E-state index is 0.548. The first-order chi connectivity index (χ1) is 7.27. The van der Waals surface area contributed by atoms with Crippen LogP contribution in [-0.2, 0) is 6.54 Å². The van der Waals surface area contributed by atoms with E-state index in [4.69, 9.17) is 23.2 Å². The fourth-order valence-corrected chi connectivity index (χ4v) is 1.77. The fraction of sp³-hybridized carbons (Fsp3) is 0.100. The van der Waals surface area contributed by atoms with E-state index in [2.05, 4.69) is 15.3 Å². The van der Waals surface area contributed by atoms with Crippen LogP contribution in [0.5, 0.6) is 0 Å². The highest BCUT2D eigenvalue weighted by molar-refractivity contribution is 6.36. The van der Waals surface area contributed by atoms with Gasteiger partial charge in [-0.15, -0.1) is 0 Å². The Hall–Kier alpha value is -1.19. The molecule has 0 radical (unpaired) electrons. The van der Waals surface area contributed by atoms with Gasteiger partial charge in [-0.1, -0.05) is 29.3 Å². The lowest BCUT2D eigenvalue weighted by Crippen LogP contribution is -2.02. The average molecular weight is 242 g/mol. The Morgan fingerprint density at radius 2 is 2.00 bits per heavy atom. The molecule has 0 aliphatic heterocycles. The van der Waals surface area contributed by atoms with Gasteiger partial charge in [0.2, 0.25) is 0 Å². The number of hydrogen-bond acceptors (Lipinski definition) is 2. The summed E-state index contributed by atoms with van der Waals surface area (Å²) in [7, 11) is 0. The Morgan fingerprint density at radius 3 is 2.60 bits per heavy atom. The molecule has 15 heavy (non-hydrogen) atoms. The molecule has 5 heteroatoms. The number of anilines is 1. The summed E-state index contributed by atoms with van der Waals surface area (Å²) in [5.41, 5.74) is 0.872. The lowest BCUT2D eigenvalue weighted by atomic mass is 10.2. The van der Waals surface area contributed by atoms with Gasteiger partial charge in [-0.3, -0.25) is 0 Å². The average Bonchev–Trinajstić information content (AvgIpc) is 2.70. The zero-order valence-electron chi connectivity index (χ0n) is 7.80. The first kappa shape index (κ1) is 10.3. The summed E-state index contributed by atoms with van der Waals surface area (Å²) in [5, 5.41) is 4.40. The van der Waals surface area contributed by atoms with E-state index in [9.17, 15) is 0 Å². The maximum absolute atomic E-state index is 6.01. The van der Waals surface area contributed by atoms with Crippen molar-refractivity contribution in [3.63, 3.8) is 0 Å². The van der Waals surface area contributed by atoms with Crippen molar-refractivity contribution in [2.45, 2.75) is 6.54 Å². The van der Waals surface area contributed by atoms with Crippen LogP contribution in [-0.4, -0.2) is 9.97 Å². The molecule has 3 nitrogen and oxygen atoms in total. The monoisotopic (exact) mass is 241 g/mol. The first-order valence-electron chi connectivity index (χ1n) is 4.43. The summed E-state index contributed by atoms with van der Waals surface area (Å²) in [6.07, 6.45) is 3.42. The second-order valence-electron chi connectivity index (χ2n) is 2.99. The molecule has 1 aromatic heterocycles. The van der Waals surface area contributed by atoms with Gasteiger partial charge in [0, 0.05) is 34.5 Å². The Bertz CT molecular complexity index is 420. The van der Waals surface area contributed by atoms with Crippen LogP contribution in [0.15, 0.2) is 30.6 Å². The lowest BCUT2D eigenvalue weighted by Gasteiger charge is -2.07. The molecule has 0 spiro atoms. The van der Waals surface area contributed by atoms with E-state index in [1.54, 1.807) is 12.4 Å². The second kappa shape index (κ2) is 4.55. The van der Waals surface area contributed by atoms with Crippen LogP contribution in [0.3, 0.4) is 0 Å². The molecular weight excluding hydrogens is 233 g/mol. The minimum absolute atomic E-state index is 0.548. The Labute approximate surface area is 97.4 Å². The van der Waals surface area contributed by atoms with Crippen molar-refractivity contribution in [2.24, 2.45) is 0 Å². The summed E-state index contributed by atoms with van der Waals surface area (Å²) < 4.78 is 0. The highest BCUT2D eigenvalue weighted by atomic mass is 35.5. The summed E-state index contributed by atoms with van der Waals surface area (Å²) in [4.78, 5) is 6.98. The number of halogens is 2. The fourth-order valence-electron chi connectivity index (χ4n) is 1.24. The Balaban J connectivity index is 2.11. The molecule has 2 aromatic rings. The SMILES string of the molecule is Clc1cccc(Cl)c1CNc1ncc[nH]1. The van der Waals surface area contributed by atoms with Crippen molar-refractivity contribution in [1.29, 1.82) is 0 Å². The number of aromatic amines is 1. The van der Waals surface area contributed by atoms with E-state index in [1.807, 2.05) is 18.2 Å². The number of imidazole rings is 1. The molecule has 1 heterocycles. The first-order valence-corrected chi connectivity index (χ1v) is 5.19. The molecule has 0 fully saturated rings. The number of nitrogens with one attached hydrogen (secondary N) is 2. The largest absolute Gasteiger partial charge is 0.352 e.